The maximum atomic E-state index is 13.4. The van der Waals surface area contributed by atoms with E-state index in [4.69, 9.17) is 11.6 Å². The molecule has 1 aliphatic heterocycles. The fourth-order valence-electron chi connectivity index (χ4n) is 3.39. The van der Waals surface area contributed by atoms with Gasteiger partial charge in [-0.2, -0.15) is 0 Å². The molecule has 0 aliphatic carbocycles. The first kappa shape index (κ1) is 19.7. The third-order valence-corrected chi connectivity index (χ3v) is 6.60. The number of benzene rings is 2. The van der Waals surface area contributed by atoms with Gasteiger partial charge in [0.2, 0.25) is 0 Å². The van der Waals surface area contributed by atoms with Crippen molar-refractivity contribution in [3.05, 3.63) is 64.2 Å². The van der Waals surface area contributed by atoms with Crippen molar-refractivity contribution < 1.29 is 14.0 Å². The van der Waals surface area contributed by atoms with E-state index in [1.54, 1.807) is 11.0 Å². The molecule has 150 valence electrons. The fourth-order valence-corrected chi connectivity index (χ4v) is 4.83. The van der Waals surface area contributed by atoms with Gasteiger partial charge < -0.3 is 15.5 Å². The third-order valence-electron chi connectivity index (χ3n) is 4.94. The van der Waals surface area contributed by atoms with Crippen molar-refractivity contribution in [2.45, 2.75) is 18.9 Å². The molecule has 29 heavy (non-hydrogen) atoms. The third kappa shape index (κ3) is 4.36. The Morgan fingerprint density at radius 2 is 1.83 bits per heavy atom. The number of hydrogen-bond donors (Lipinski definition) is 2. The molecule has 0 saturated carbocycles. The predicted octanol–water partition coefficient (Wildman–Crippen LogP) is 5.12. The van der Waals surface area contributed by atoms with Crippen molar-refractivity contribution in [1.29, 1.82) is 0 Å². The van der Waals surface area contributed by atoms with Gasteiger partial charge in [-0.15, -0.1) is 11.3 Å². The first-order valence-electron chi connectivity index (χ1n) is 9.30. The van der Waals surface area contributed by atoms with Crippen LogP contribution in [0.25, 0.3) is 10.1 Å². The van der Waals surface area contributed by atoms with Crippen LogP contribution in [-0.4, -0.2) is 36.0 Å². The van der Waals surface area contributed by atoms with Gasteiger partial charge in [-0.25, -0.2) is 9.18 Å². The highest BCUT2D eigenvalue weighted by atomic mass is 35.5. The number of para-hydroxylation sites is 1. The lowest BCUT2D eigenvalue weighted by Crippen LogP contribution is -2.47. The number of likely N-dealkylation sites (tertiary alicyclic amines) is 1. The van der Waals surface area contributed by atoms with E-state index >= 15 is 0 Å². The Labute approximate surface area is 176 Å². The summed E-state index contributed by atoms with van der Waals surface area (Å²) in [6, 6.07) is 13.4. The van der Waals surface area contributed by atoms with Gasteiger partial charge in [-0.05, 0) is 43.2 Å². The van der Waals surface area contributed by atoms with Crippen LogP contribution in [0.5, 0.6) is 0 Å². The average molecular weight is 432 g/mol. The molecule has 1 aliphatic rings. The summed E-state index contributed by atoms with van der Waals surface area (Å²) in [6.45, 7) is 1.10. The number of halogens is 2. The largest absolute Gasteiger partial charge is 0.348 e. The number of nitrogens with one attached hydrogen (secondary N) is 2. The van der Waals surface area contributed by atoms with Gasteiger partial charge in [0, 0.05) is 34.9 Å². The number of carbonyl (C=O) groups excluding carboxylic acids is 2. The first-order chi connectivity index (χ1) is 14.0. The van der Waals surface area contributed by atoms with Gasteiger partial charge in [0.1, 0.15) is 10.7 Å². The average Bonchev–Trinajstić information content (AvgIpc) is 3.05. The second kappa shape index (κ2) is 8.39. The van der Waals surface area contributed by atoms with Crippen molar-refractivity contribution >= 4 is 50.6 Å². The molecule has 0 bridgehead atoms. The van der Waals surface area contributed by atoms with Gasteiger partial charge in [0.25, 0.3) is 5.91 Å². The lowest BCUT2D eigenvalue weighted by molar-refractivity contribution is 0.0923. The van der Waals surface area contributed by atoms with E-state index in [1.165, 1.54) is 23.5 Å². The Morgan fingerprint density at radius 1 is 1.10 bits per heavy atom. The number of rotatable bonds is 3. The SMILES string of the molecule is O=C(NC1CCN(C(=O)Nc2ccccc2)CC1)c1sc2cc(F)ccc2c1Cl. The minimum atomic E-state index is -0.358. The molecule has 2 N–H and O–H groups in total. The smallest absolute Gasteiger partial charge is 0.321 e. The zero-order valence-electron chi connectivity index (χ0n) is 15.5. The summed E-state index contributed by atoms with van der Waals surface area (Å²) in [7, 11) is 0. The summed E-state index contributed by atoms with van der Waals surface area (Å²) in [5, 5.41) is 6.89. The van der Waals surface area contributed by atoms with Crippen molar-refractivity contribution in [2.75, 3.05) is 18.4 Å². The minimum Gasteiger partial charge on any atom is -0.348 e. The van der Waals surface area contributed by atoms with Gasteiger partial charge in [-0.3, -0.25) is 4.79 Å². The molecular weight excluding hydrogens is 413 g/mol. The van der Waals surface area contributed by atoms with Gasteiger partial charge in [0.15, 0.2) is 0 Å². The monoisotopic (exact) mass is 431 g/mol. The number of amides is 3. The molecule has 1 aromatic heterocycles. The summed E-state index contributed by atoms with van der Waals surface area (Å²) < 4.78 is 14.1. The van der Waals surface area contributed by atoms with Crippen LogP contribution in [0.4, 0.5) is 14.9 Å². The van der Waals surface area contributed by atoms with Crippen LogP contribution in [0.1, 0.15) is 22.5 Å². The quantitative estimate of drug-likeness (QED) is 0.604. The van der Waals surface area contributed by atoms with E-state index in [-0.39, 0.29) is 23.8 Å². The molecule has 3 amide bonds. The molecule has 2 aromatic carbocycles. The zero-order chi connectivity index (χ0) is 20.4. The van der Waals surface area contributed by atoms with Crippen molar-refractivity contribution in [3.63, 3.8) is 0 Å². The number of piperidine rings is 1. The van der Waals surface area contributed by atoms with E-state index < -0.39 is 0 Å². The predicted molar refractivity (Wildman–Crippen MR) is 114 cm³/mol. The number of carbonyl (C=O) groups is 2. The van der Waals surface area contributed by atoms with Gasteiger partial charge in [-0.1, -0.05) is 29.8 Å². The van der Waals surface area contributed by atoms with Crippen LogP contribution in [-0.2, 0) is 0 Å². The van der Waals surface area contributed by atoms with Crippen molar-refractivity contribution in [1.82, 2.24) is 10.2 Å². The summed E-state index contributed by atoms with van der Waals surface area (Å²) in [4.78, 5) is 27.2. The molecule has 8 heteroatoms. The van der Waals surface area contributed by atoms with Crippen LogP contribution in [0.3, 0.4) is 0 Å². The Morgan fingerprint density at radius 3 is 2.55 bits per heavy atom. The number of hydrogen-bond acceptors (Lipinski definition) is 3. The van der Waals surface area contributed by atoms with E-state index in [0.717, 1.165) is 5.69 Å². The highest BCUT2D eigenvalue weighted by molar-refractivity contribution is 7.21. The molecule has 2 heterocycles. The number of fused-ring (bicyclic) bond motifs is 1. The molecule has 0 atom stereocenters. The van der Waals surface area contributed by atoms with Gasteiger partial charge >= 0.3 is 6.03 Å². The number of anilines is 1. The number of urea groups is 1. The van der Waals surface area contributed by atoms with E-state index in [2.05, 4.69) is 10.6 Å². The highest BCUT2D eigenvalue weighted by Gasteiger charge is 2.26. The molecular formula is C21H19ClFN3O2S. The molecule has 3 aromatic rings. The lowest BCUT2D eigenvalue weighted by Gasteiger charge is -2.32. The van der Waals surface area contributed by atoms with E-state index in [1.807, 2.05) is 30.3 Å². The Kier molecular flexibility index (Phi) is 5.69. The first-order valence-corrected chi connectivity index (χ1v) is 10.5. The molecule has 1 fully saturated rings. The lowest BCUT2D eigenvalue weighted by atomic mass is 10.1. The molecule has 4 rings (SSSR count). The molecule has 0 radical (unpaired) electrons. The van der Waals surface area contributed by atoms with Crippen molar-refractivity contribution in [3.8, 4) is 0 Å². The van der Waals surface area contributed by atoms with E-state index in [0.29, 0.717) is 45.9 Å². The Hall–Kier alpha value is -2.64. The van der Waals surface area contributed by atoms with Crippen LogP contribution >= 0.6 is 22.9 Å². The van der Waals surface area contributed by atoms with E-state index in [9.17, 15) is 14.0 Å². The Balaban J connectivity index is 1.34. The molecule has 0 spiro atoms. The summed E-state index contributed by atoms with van der Waals surface area (Å²) in [6.07, 6.45) is 1.32. The Bertz CT molecular complexity index is 1050. The number of thiophene rings is 1. The standard InChI is InChI=1S/C21H19ClFN3O2S/c22-18-16-7-6-13(23)12-17(16)29-19(18)20(27)24-15-8-10-26(11-9-15)21(28)25-14-4-2-1-3-5-14/h1-7,12,15H,8-11H2,(H,24,27)(H,25,28). The van der Waals surface area contributed by atoms with Gasteiger partial charge in [0.05, 0.1) is 5.02 Å². The maximum absolute atomic E-state index is 13.4. The zero-order valence-corrected chi connectivity index (χ0v) is 17.0. The van der Waals surface area contributed by atoms with Crippen LogP contribution in [0, 0.1) is 5.82 Å². The van der Waals surface area contributed by atoms with Crippen LogP contribution in [0.2, 0.25) is 5.02 Å². The summed E-state index contributed by atoms with van der Waals surface area (Å²) >= 11 is 7.51. The highest BCUT2D eigenvalue weighted by Crippen LogP contribution is 2.35. The second-order valence-corrected chi connectivity index (χ2v) is 8.35. The van der Waals surface area contributed by atoms with Crippen LogP contribution in [0.15, 0.2) is 48.5 Å². The number of nitrogens with zero attached hydrogens (tertiary/aromatic N) is 1. The maximum Gasteiger partial charge on any atom is 0.321 e. The van der Waals surface area contributed by atoms with Crippen molar-refractivity contribution in [2.24, 2.45) is 0 Å². The summed E-state index contributed by atoms with van der Waals surface area (Å²) in [5.41, 5.74) is 0.753. The molecule has 1 saturated heterocycles. The second-order valence-electron chi connectivity index (χ2n) is 6.92. The fraction of sp³-hybridized carbons (Fsp3) is 0.238. The normalized spacial score (nSPS) is 14.8. The topological polar surface area (TPSA) is 61.4 Å². The summed E-state index contributed by atoms with van der Waals surface area (Å²) in [5.74, 6) is -0.618. The van der Waals surface area contributed by atoms with Crippen LogP contribution < -0.4 is 10.6 Å². The molecule has 0 unspecified atom stereocenters. The molecule has 5 nitrogen and oxygen atoms in total. The minimum absolute atomic E-state index is 0.0405.